The molecule has 1 aliphatic carbocycles. The van der Waals surface area contributed by atoms with Gasteiger partial charge in [-0.05, 0) is 121 Å². The van der Waals surface area contributed by atoms with E-state index in [1.54, 1.807) is 0 Å². The quantitative estimate of drug-likeness (QED) is 0.172. The molecule has 0 radical (unpaired) electrons. The lowest BCUT2D eigenvalue weighted by molar-refractivity contribution is 0.669. The van der Waals surface area contributed by atoms with Crippen LogP contribution in [0.15, 0.2) is 239 Å². The highest BCUT2D eigenvalue weighted by molar-refractivity contribution is 7.99. The monoisotopic (exact) mass is 807 g/mol. The summed E-state index contributed by atoms with van der Waals surface area (Å²) in [5, 5.41) is 4.79. The molecule has 11 aromatic rings. The molecule has 0 saturated carbocycles. The first-order chi connectivity index (χ1) is 30.7. The van der Waals surface area contributed by atoms with Gasteiger partial charge < -0.3 is 9.32 Å². The Kier molecular flexibility index (Phi) is 7.79. The Bertz CT molecular complexity index is 3500. The maximum atomic E-state index is 6.65. The van der Waals surface area contributed by atoms with Crippen molar-refractivity contribution in [1.29, 1.82) is 0 Å². The van der Waals surface area contributed by atoms with E-state index in [4.69, 9.17) is 4.42 Å². The second-order valence-electron chi connectivity index (χ2n) is 16.4. The molecule has 290 valence electrons. The summed E-state index contributed by atoms with van der Waals surface area (Å²) in [6.07, 6.45) is 0. The summed E-state index contributed by atoms with van der Waals surface area (Å²) in [7, 11) is 0. The van der Waals surface area contributed by atoms with Gasteiger partial charge in [0.2, 0.25) is 0 Å². The summed E-state index contributed by atoms with van der Waals surface area (Å²) in [6.45, 7) is 0. The zero-order chi connectivity index (χ0) is 40.8. The molecule has 2 nitrogen and oxygen atoms in total. The molecular formula is C59H37NOS. The maximum Gasteiger partial charge on any atom is 0.159 e. The summed E-state index contributed by atoms with van der Waals surface area (Å²) >= 11 is 1.89. The SMILES string of the molecule is c1ccc(-c2ccc(N(c3ccc(-c4ccc5c(c4)C4(c6ccccc6Sc6ccccc64)c4c-5ccc5ccccc45)cc3)c3cccc4c3oc3ccccc34)cc2)cc1. The van der Waals surface area contributed by atoms with Crippen LogP contribution in [0.25, 0.3) is 66.1 Å². The van der Waals surface area contributed by atoms with E-state index in [0.717, 1.165) is 39.0 Å². The van der Waals surface area contributed by atoms with Crippen molar-refractivity contribution < 1.29 is 4.42 Å². The highest BCUT2D eigenvalue weighted by Crippen LogP contribution is 2.63. The van der Waals surface area contributed by atoms with Crippen molar-refractivity contribution in [3.8, 4) is 33.4 Å². The van der Waals surface area contributed by atoms with Gasteiger partial charge in [-0.15, -0.1) is 0 Å². The zero-order valence-electron chi connectivity index (χ0n) is 33.6. The average molecular weight is 808 g/mol. The Morgan fingerprint density at radius 3 is 1.69 bits per heavy atom. The molecular weight excluding hydrogens is 771 g/mol. The molecule has 0 unspecified atom stereocenters. The first-order valence-electron chi connectivity index (χ1n) is 21.2. The number of benzene rings is 10. The van der Waals surface area contributed by atoms with Crippen molar-refractivity contribution in [3.63, 3.8) is 0 Å². The standard InChI is InChI=1S/C59H37NOS/c1-2-13-38(14-3-1)39-25-31-43(32-26-39)60(53-21-12-18-49-47-17-6-9-22-54(47)61-58(49)53)44-33-27-40(28-34-44)42-30-35-46-48-36-29-41-15-4-5-16-45(41)57(48)59(52(46)37-42)50-19-7-10-23-55(50)62-56-24-11-8-20-51(56)59/h1-37H. The van der Waals surface area contributed by atoms with Gasteiger partial charge in [-0.2, -0.15) is 0 Å². The van der Waals surface area contributed by atoms with Crippen molar-refractivity contribution in [1.82, 2.24) is 0 Å². The molecule has 1 aliphatic heterocycles. The van der Waals surface area contributed by atoms with E-state index in [1.807, 2.05) is 17.8 Å². The van der Waals surface area contributed by atoms with Gasteiger partial charge in [0.25, 0.3) is 0 Å². The molecule has 0 saturated heterocycles. The fourth-order valence-corrected chi connectivity index (χ4v) is 11.6. The molecule has 3 heteroatoms. The number of rotatable bonds is 5. The number of nitrogens with zero attached hydrogens (tertiary/aromatic N) is 1. The van der Waals surface area contributed by atoms with Crippen LogP contribution < -0.4 is 4.90 Å². The number of hydrogen-bond acceptors (Lipinski definition) is 3. The van der Waals surface area contributed by atoms with E-state index in [9.17, 15) is 0 Å². The smallest absolute Gasteiger partial charge is 0.159 e. The molecule has 0 N–H and O–H groups in total. The average Bonchev–Trinajstić information content (AvgIpc) is 3.87. The lowest BCUT2D eigenvalue weighted by Gasteiger charge is -2.40. The van der Waals surface area contributed by atoms with E-state index in [2.05, 4.69) is 223 Å². The maximum absolute atomic E-state index is 6.65. The molecule has 0 amide bonds. The third-order valence-electron chi connectivity index (χ3n) is 13.1. The van der Waals surface area contributed by atoms with E-state index in [-0.39, 0.29) is 0 Å². The van der Waals surface area contributed by atoms with Gasteiger partial charge >= 0.3 is 0 Å². The second-order valence-corrected chi connectivity index (χ2v) is 17.4. The van der Waals surface area contributed by atoms with Gasteiger partial charge in [0.05, 0.1) is 11.1 Å². The van der Waals surface area contributed by atoms with Gasteiger partial charge in [0.15, 0.2) is 5.58 Å². The van der Waals surface area contributed by atoms with Crippen LogP contribution >= 0.6 is 11.8 Å². The van der Waals surface area contributed by atoms with Gasteiger partial charge in [0, 0.05) is 31.9 Å². The Morgan fingerprint density at radius 2 is 0.952 bits per heavy atom. The molecule has 62 heavy (non-hydrogen) atoms. The molecule has 0 fully saturated rings. The fraction of sp³-hybridized carbons (Fsp3) is 0.0169. The van der Waals surface area contributed by atoms with Crippen LogP contribution in [-0.2, 0) is 5.41 Å². The van der Waals surface area contributed by atoms with Gasteiger partial charge in [-0.25, -0.2) is 0 Å². The van der Waals surface area contributed by atoms with Crippen molar-refractivity contribution in [3.05, 3.63) is 247 Å². The third kappa shape index (κ3) is 5.12. The van der Waals surface area contributed by atoms with Crippen LogP contribution in [0, 0.1) is 0 Å². The summed E-state index contributed by atoms with van der Waals surface area (Å²) in [5.74, 6) is 0. The second kappa shape index (κ2) is 13.7. The zero-order valence-corrected chi connectivity index (χ0v) is 34.4. The number of anilines is 3. The van der Waals surface area contributed by atoms with E-state index in [1.165, 1.54) is 76.2 Å². The minimum Gasteiger partial charge on any atom is -0.454 e. The van der Waals surface area contributed by atoms with Crippen molar-refractivity contribution in [2.24, 2.45) is 0 Å². The first-order valence-corrected chi connectivity index (χ1v) is 22.1. The highest BCUT2D eigenvalue weighted by atomic mass is 32.2. The van der Waals surface area contributed by atoms with E-state index in [0.29, 0.717) is 0 Å². The lowest BCUT2D eigenvalue weighted by Crippen LogP contribution is -2.32. The fourth-order valence-electron chi connectivity index (χ4n) is 10.4. The molecule has 1 aromatic heterocycles. The number of furan rings is 1. The summed E-state index contributed by atoms with van der Waals surface area (Å²) < 4.78 is 6.65. The number of para-hydroxylation sites is 2. The van der Waals surface area contributed by atoms with Gasteiger partial charge in [0.1, 0.15) is 5.58 Å². The lowest BCUT2D eigenvalue weighted by atomic mass is 9.66. The van der Waals surface area contributed by atoms with Crippen LogP contribution in [0.1, 0.15) is 22.3 Å². The Hall–Kier alpha value is -7.59. The van der Waals surface area contributed by atoms with E-state index < -0.39 is 5.41 Å². The van der Waals surface area contributed by atoms with Gasteiger partial charge in [-0.1, -0.05) is 182 Å². The van der Waals surface area contributed by atoms with Crippen LogP contribution in [0.5, 0.6) is 0 Å². The van der Waals surface area contributed by atoms with Crippen LogP contribution in [0.4, 0.5) is 17.1 Å². The predicted octanol–water partition coefficient (Wildman–Crippen LogP) is 16.4. The Morgan fingerprint density at radius 1 is 0.387 bits per heavy atom. The minimum absolute atomic E-state index is 0.478. The molecule has 2 heterocycles. The first kappa shape index (κ1) is 35.2. The topological polar surface area (TPSA) is 16.4 Å². The molecule has 0 atom stereocenters. The molecule has 0 bridgehead atoms. The molecule has 1 spiro atoms. The summed E-state index contributed by atoms with van der Waals surface area (Å²) in [4.78, 5) is 4.95. The summed E-state index contributed by atoms with van der Waals surface area (Å²) in [6, 6.07) is 82.2. The van der Waals surface area contributed by atoms with Gasteiger partial charge in [-0.3, -0.25) is 0 Å². The third-order valence-corrected chi connectivity index (χ3v) is 14.3. The van der Waals surface area contributed by atoms with Crippen LogP contribution in [-0.4, -0.2) is 0 Å². The van der Waals surface area contributed by atoms with Crippen LogP contribution in [0.3, 0.4) is 0 Å². The molecule has 13 rings (SSSR count). The van der Waals surface area contributed by atoms with Crippen molar-refractivity contribution in [2.75, 3.05) is 4.90 Å². The van der Waals surface area contributed by atoms with Crippen molar-refractivity contribution in [2.45, 2.75) is 15.2 Å². The molecule has 10 aromatic carbocycles. The normalized spacial score (nSPS) is 13.2. The van der Waals surface area contributed by atoms with E-state index >= 15 is 0 Å². The largest absolute Gasteiger partial charge is 0.454 e. The minimum atomic E-state index is -0.478. The summed E-state index contributed by atoms with van der Waals surface area (Å²) in [5.41, 5.74) is 17.1. The van der Waals surface area contributed by atoms with Crippen molar-refractivity contribution >= 4 is 61.5 Å². The number of hydrogen-bond donors (Lipinski definition) is 0. The highest BCUT2D eigenvalue weighted by Gasteiger charge is 2.51. The number of fused-ring (bicyclic) bond motifs is 14. The Labute approximate surface area is 364 Å². The van der Waals surface area contributed by atoms with Crippen LogP contribution in [0.2, 0.25) is 0 Å². The Balaban J connectivity index is 0.982. The predicted molar refractivity (Wildman–Crippen MR) is 258 cm³/mol. The molecule has 2 aliphatic rings.